The first-order chi connectivity index (χ1) is 7.17. The average Bonchev–Trinajstić information content (AvgIpc) is 2.63. The summed E-state index contributed by atoms with van der Waals surface area (Å²) in [6, 6.07) is 0.366. The molecule has 0 saturated carbocycles. The number of likely N-dealkylation sites (N-methyl/N-ethyl adjacent to an activating group) is 2. The van der Waals surface area contributed by atoms with E-state index in [1.807, 2.05) is 17.9 Å². The van der Waals surface area contributed by atoms with Crippen molar-refractivity contribution in [3.8, 4) is 0 Å². The Morgan fingerprint density at radius 1 is 1.53 bits per heavy atom. The van der Waals surface area contributed by atoms with Gasteiger partial charge in [0.05, 0.1) is 6.20 Å². The lowest BCUT2D eigenvalue weighted by Crippen LogP contribution is -2.28. The van der Waals surface area contributed by atoms with Crippen molar-refractivity contribution in [2.24, 2.45) is 0 Å². The van der Waals surface area contributed by atoms with Crippen LogP contribution in [0.3, 0.4) is 0 Å². The third-order valence-corrected chi connectivity index (χ3v) is 2.40. The zero-order valence-corrected chi connectivity index (χ0v) is 10.2. The summed E-state index contributed by atoms with van der Waals surface area (Å²) in [5.74, 6) is 0. The maximum absolute atomic E-state index is 4.34. The van der Waals surface area contributed by atoms with E-state index in [4.69, 9.17) is 0 Å². The van der Waals surface area contributed by atoms with Crippen LogP contribution in [-0.4, -0.2) is 42.4 Å². The van der Waals surface area contributed by atoms with Gasteiger partial charge >= 0.3 is 0 Å². The Morgan fingerprint density at radius 2 is 2.27 bits per heavy atom. The molecule has 0 aromatic carbocycles. The second-order valence-corrected chi connectivity index (χ2v) is 4.14. The highest BCUT2D eigenvalue weighted by Crippen LogP contribution is 2.12. The van der Waals surface area contributed by atoms with Gasteiger partial charge in [-0.05, 0) is 27.6 Å². The van der Waals surface area contributed by atoms with E-state index in [-0.39, 0.29) is 0 Å². The van der Waals surface area contributed by atoms with E-state index in [1.165, 1.54) is 5.56 Å². The molecule has 4 nitrogen and oxygen atoms in total. The summed E-state index contributed by atoms with van der Waals surface area (Å²) < 4.78 is 2.01. The van der Waals surface area contributed by atoms with Gasteiger partial charge in [-0.1, -0.05) is 6.92 Å². The second-order valence-electron chi connectivity index (χ2n) is 4.14. The van der Waals surface area contributed by atoms with E-state index in [0.29, 0.717) is 6.04 Å². The minimum atomic E-state index is 0.366. The van der Waals surface area contributed by atoms with Crippen LogP contribution in [0.1, 0.15) is 24.9 Å². The molecule has 0 bridgehead atoms. The van der Waals surface area contributed by atoms with E-state index in [2.05, 4.69) is 42.5 Å². The zero-order chi connectivity index (χ0) is 11.3. The standard InChI is InChI=1S/C11H22N4/c1-5-6-15-8-10(7-13-15)11(12-2)9-14(3)4/h7-8,11-12H,5-6,9H2,1-4H3. The Morgan fingerprint density at radius 3 is 2.80 bits per heavy atom. The molecule has 1 rings (SSSR count). The van der Waals surface area contributed by atoms with Gasteiger partial charge in [-0.3, -0.25) is 4.68 Å². The maximum Gasteiger partial charge on any atom is 0.0538 e. The number of aromatic nitrogens is 2. The Kier molecular flexibility index (Phi) is 4.78. The first-order valence-electron chi connectivity index (χ1n) is 5.51. The first-order valence-corrected chi connectivity index (χ1v) is 5.51. The molecule has 0 radical (unpaired) electrons. The predicted molar refractivity (Wildman–Crippen MR) is 62.9 cm³/mol. The van der Waals surface area contributed by atoms with Crippen LogP contribution in [0.4, 0.5) is 0 Å². The molecule has 1 N–H and O–H groups in total. The molecule has 0 fully saturated rings. The topological polar surface area (TPSA) is 33.1 Å². The summed E-state index contributed by atoms with van der Waals surface area (Å²) in [6.45, 7) is 4.16. The molecule has 0 spiro atoms. The molecule has 1 heterocycles. The summed E-state index contributed by atoms with van der Waals surface area (Å²) in [6.07, 6.45) is 5.22. The molecule has 0 aliphatic carbocycles. The van der Waals surface area contributed by atoms with Crippen molar-refractivity contribution in [1.82, 2.24) is 20.0 Å². The van der Waals surface area contributed by atoms with E-state index < -0.39 is 0 Å². The molecule has 0 aliphatic rings. The fourth-order valence-electron chi connectivity index (χ4n) is 1.64. The molecule has 1 aromatic heterocycles. The third kappa shape index (κ3) is 3.64. The van der Waals surface area contributed by atoms with Crippen molar-refractivity contribution in [1.29, 1.82) is 0 Å². The van der Waals surface area contributed by atoms with Crippen LogP contribution in [-0.2, 0) is 6.54 Å². The van der Waals surface area contributed by atoms with Crippen molar-refractivity contribution in [2.45, 2.75) is 25.9 Å². The number of nitrogens with one attached hydrogen (secondary N) is 1. The van der Waals surface area contributed by atoms with Crippen LogP contribution in [0, 0.1) is 0 Å². The number of hydrogen-bond donors (Lipinski definition) is 1. The molecular weight excluding hydrogens is 188 g/mol. The first kappa shape index (κ1) is 12.2. The highest BCUT2D eigenvalue weighted by Gasteiger charge is 2.11. The van der Waals surface area contributed by atoms with Crippen LogP contribution in [0.2, 0.25) is 0 Å². The van der Waals surface area contributed by atoms with Crippen molar-refractivity contribution in [3.05, 3.63) is 18.0 Å². The molecule has 15 heavy (non-hydrogen) atoms. The van der Waals surface area contributed by atoms with Gasteiger partial charge in [0.25, 0.3) is 0 Å². The van der Waals surface area contributed by atoms with Crippen LogP contribution in [0.25, 0.3) is 0 Å². The molecule has 0 saturated heterocycles. The van der Waals surface area contributed by atoms with E-state index in [9.17, 15) is 0 Å². The molecular formula is C11H22N4. The van der Waals surface area contributed by atoms with E-state index in [1.54, 1.807) is 0 Å². The van der Waals surface area contributed by atoms with Gasteiger partial charge in [0.1, 0.15) is 0 Å². The van der Waals surface area contributed by atoms with Gasteiger partial charge in [0.2, 0.25) is 0 Å². The lowest BCUT2D eigenvalue weighted by molar-refractivity contribution is 0.352. The number of hydrogen-bond acceptors (Lipinski definition) is 3. The molecule has 1 unspecified atom stereocenters. The number of nitrogens with zero attached hydrogens (tertiary/aromatic N) is 3. The summed E-state index contributed by atoms with van der Waals surface area (Å²) >= 11 is 0. The van der Waals surface area contributed by atoms with E-state index in [0.717, 1.165) is 19.5 Å². The van der Waals surface area contributed by atoms with Crippen LogP contribution < -0.4 is 5.32 Å². The average molecular weight is 210 g/mol. The minimum Gasteiger partial charge on any atom is -0.312 e. The van der Waals surface area contributed by atoms with Crippen molar-refractivity contribution in [2.75, 3.05) is 27.7 Å². The normalized spacial score (nSPS) is 13.4. The van der Waals surface area contributed by atoms with Crippen molar-refractivity contribution >= 4 is 0 Å². The molecule has 0 aliphatic heterocycles. The molecule has 4 heteroatoms. The van der Waals surface area contributed by atoms with Crippen LogP contribution >= 0.6 is 0 Å². The van der Waals surface area contributed by atoms with Crippen LogP contribution in [0.5, 0.6) is 0 Å². The van der Waals surface area contributed by atoms with Gasteiger partial charge in [-0.2, -0.15) is 5.10 Å². The largest absolute Gasteiger partial charge is 0.312 e. The molecule has 86 valence electrons. The Labute approximate surface area is 92.3 Å². The summed E-state index contributed by atoms with van der Waals surface area (Å²) in [4.78, 5) is 2.18. The molecule has 0 amide bonds. The predicted octanol–water partition coefficient (Wildman–Crippen LogP) is 1.12. The summed E-state index contributed by atoms with van der Waals surface area (Å²) in [5, 5.41) is 7.65. The van der Waals surface area contributed by atoms with Crippen LogP contribution in [0.15, 0.2) is 12.4 Å². The fourth-order valence-corrected chi connectivity index (χ4v) is 1.64. The Bertz CT molecular complexity index is 280. The number of aryl methyl sites for hydroxylation is 1. The second kappa shape index (κ2) is 5.88. The summed E-state index contributed by atoms with van der Waals surface area (Å²) in [7, 11) is 6.16. The lowest BCUT2D eigenvalue weighted by Gasteiger charge is -2.19. The van der Waals surface area contributed by atoms with Crippen molar-refractivity contribution < 1.29 is 0 Å². The zero-order valence-electron chi connectivity index (χ0n) is 10.2. The Hall–Kier alpha value is -0.870. The third-order valence-electron chi connectivity index (χ3n) is 2.40. The fraction of sp³-hybridized carbons (Fsp3) is 0.727. The van der Waals surface area contributed by atoms with Gasteiger partial charge in [-0.15, -0.1) is 0 Å². The van der Waals surface area contributed by atoms with Crippen molar-refractivity contribution in [3.63, 3.8) is 0 Å². The quantitative estimate of drug-likeness (QED) is 0.763. The molecule has 1 aromatic rings. The Balaban J connectivity index is 2.65. The summed E-state index contributed by atoms with van der Waals surface area (Å²) in [5.41, 5.74) is 1.26. The van der Waals surface area contributed by atoms with E-state index >= 15 is 0 Å². The SMILES string of the molecule is CCCn1cc(C(CN(C)C)NC)cn1. The maximum atomic E-state index is 4.34. The van der Waals surface area contributed by atoms with Gasteiger partial charge in [0, 0.05) is 30.9 Å². The van der Waals surface area contributed by atoms with Gasteiger partial charge < -0.3 is 10.2 Å². The smallest absolute Gasteiger partial charge is 0.0538 e. The van der Waals surface area contributed by atoms with Gasteiger partial charge in [0.15, 0.2) is 0 Å². The van der Waals surface area contributed by atoms with Gasteiger partial charge in [-0.25, -0.2) is 0 Å². The highest BCUT2D eigenvalue weighted by molar-refractivity contribution is 5.10. The lowest BCUT2D eigenvalue weighted by atomic mass is 10.1. The monoisotopic (exact) mass is 210 g/mol. The number of rotatable bonds is 6. The highest BCUT2D eigenvalue weighted by atomic mass is 15.3. The minimum absolute atomic E-state index is 0.366. The molecule has 1 atom stereocenters.